The minimum Gasteiger partial charge on any atom is -0.339 e. The van der Waals surface area contributed by atoms with Crippen molar-refractivity contribution in [2.45, 2.75) is 4.90 Å². The molecular weight excluding hydrogens is 368 g/mol. The van der Waals surface area contributed by atoms with Crippen LogP contribution in [0.25, 0.3) is 0 Å². The minimum atomic E-state index is -3.49. The molecule has 1 saturated heterocycles. The Morgan fingerprint density at radius 1 is 1.15 bits per heavy atom. The summed E-state index contributed by atoms with van der Waals surface area (Å²) in [4.78, 5) is 13.3. The molecule has 0 N–H and O–H groups in total. The van der Waals surface area contributed by atoms with Gasteiger partial charge in [-0.2, -0.15) is 4.31 Å². The van der Waals surface area contributed by atoms with Gasteiger partial charge < -0.3 is 4.90 Å². The monoisotopic (exact) mass is 380 g/mol. The SMILES string of the molecule is O=C(CCl)N1CCN(S(=O)(=O)c2ccc(Br)cc2)CC1. The van der Waals surface area contributed by atoms with Gasteiger partial charge in [0.15, 0.2) is 0 Å². The molecule has 8 heteroatoms. The van der Waals surface area contributed by atoms with Crippen molar-refractivity contribution in [3.63, 3.8) is 0 Å². The van der Waals surface area contributed by atoms with Gasteiger partial charge >= 0.3 is 0 Å². The van der Waals surface area contributed by atoms with E-state index in [1.54, 1.807) is 29.2 Å². The van der Waals surface area contributed by atoms with Crippen LogP contribution in [0.3, 0.4) is 0 Å². The van der Waals surface area contributed by atoms with Crippen LogP contribution in [0.2, 0.25) is 0 Å². The molecule has 0 radical (unpaired) electrons. The van der Waals surface area contributed by atoms with E-state index >= 15 is 0 Å². The molecule has 0 spiro atoms. The number of amides is 1. The molecule has 110 valence electrons. The molecule has 1 aliphatic heterocycles. The van der Waals surface area contributed by atoms with E-state index in [4.69, 9.17) is 11.6 Å². The number of sulfonamides is 1. The first-order valence-corrected chi connectivity index (χ1v) is 8.81. The van der Waals surface area contributed by atoms with Crippen molar-refractivity contribution >= 4 is 43.5 Å². The lowest BCUT2D eigenvalue weighted by Crippen LogP contribution is -2.50. The summed E-state index contributed by atoms with van der Waals surface area (Å²) >= 11 is 8.77. The molecule has 1 aromatic rings. The Kier molecular flexibility index (Phi) is 5.06. The predicted octanol–water partition coefficient (Wildman–Crippen LogP) is 1.52. The Bertz CT molecular complexity index is 583. The summed E-state index contributed by atoms with van der Waals surface area (Å²) in [5.41, 5.74) is 0. The van der Waals surface area contributed by atoms with E-state index in [9.17, 15) is 13.2 Å². The summed E-state index contributed by atoms with van der Waals surface area (Å²) in [7, 11) is -3.49. The van der Waals surface area contributed by atoms with Crippen LogP contribution in [-0.2, 0) is 14.8 Å². The van der Waals surface area contributed by atoms with Crippen molar-refractivity contribution in [2.24, 2.45) is 0 Å². The first kappa shape index (κ1) is 15.8. The van der Waals surface area contributed by atoms with Crippen molar-refractivity contribution in [1.82, 2.24) is 9.21 Å². The van der Waals surface area contributed by atoms with Gasteiger partial charge in [0.1, 0.15) is 5.88 Å². The molecule has 1 aliphatic rings. The average molecular weight is 382 g/mol. The molecule has 20 heavy (non-hydrogen) atoms. The molecule has 2 rings (SSSR count). The van der Waals surface area contributed by atoms with Crippen LogP contribution in [0.1, 0.15) is 0 Å². The fourth-order valence-corrected chi connectivity index (χ4v) is 3.87. The Morgan fingerprint density at radius 2 is 1.70 bits per heavy atom. The zero-order valence-electron chi connectivity index (χ0n) is 10.6. The lowest BCUT2D eigenvalue weighted by Gasteiger charge is -2.33. The minimum absolute atomic E-state index is 0.0700. The number of alkyl halides is 1. The van der Waals surface area contributed by atoms with E-state index in [0.717, 1.165) is 4.47 Å². The van der Waals surface area contributed by atoms with Crippen molar-refractivity contribution in [1.29, 1.82) is 0 Å². The van der Waals surface area contributed by atoms with Gasteiger partial charge in [-0.15, -0.1) is 11.6 Å². The maximum absolute atomic E-state index is 12.4. The van der Waals surface area contributed by atoms with Crippen LogP contribution in [-0.4, -0.2) is 55.6 Å². The number of carbonyl (C=O) groups is 1. The standard InChI is InChI=1S/C12H14BrClN2O3S/c13-10-1-3-11(4-2-10)20(18,19)16-7-5-15(6-8-16)12(17)9-14/h1-4H,5-9H2. The fourth-order valence-electron chi connectivity index (χ4n) is 2.02. The molecule has 1 amide bonds. The first-order chi connectivity index (χ1) is 9.45. The van der Waals surface area contributed by atoms with Crippen molar-refractivity contribution in [2.75, 3.05) is 32.1 Å². The van der Waals surface area contributed by atoms with Crippen LogP contribution in [0.5, 0.6) is 0 Å². The van der Waals surface area contributed by atoms with Crippen molar-refractivity contribution in [3.8, 4) is 0 Å². The van der Waals surface area contributed by atoms with Gasteiger partial charge in [-0.3, -0.25) is 4.79 Å². The van der Waals surface area contributed by atoms with E-state index < -0.39 is 10.0 Å². The number of halogens is 2. The van der Waals surface area contributed by atoms with Gasteiger partial charge in [-0.05, 0) is 24.3 Å². The summed E-state index contributed by atoms with van der Waals surface area (Å²) in [6, 6.07) is 6.52. The Balaban J connectivity index is 2.09. The van der Waals surface area contributed by atoms with E-state index in [0.29, 0.717) is 26.2 Å². The van der Waals surface area contributed by atoms with Gasteiger partial charge in [0.2, 0.25) is 15.9 Å². The summed E-state index contributed by atoms with van der Waals surface area (Å²) in [5, 5.41) is 0. The number of piperazine rings is 1. The van der Waals surface area contributed by atoms with E-state index in [1.807, 2.05) is 0 Å². The molecule has 5 nitrogen and oxygen atoms in total. The number of carbonyl (C=O) groups excluding carboxylic acids is 1. The third-order valence-electron chi connectivity index (χ3n) is 3.16. The van der Waals surface area contributed by atoms with Crippen LogP contribution in [0.15, 0.2) is 33.6 Å². The number of hydrogen-bond acceptors (Lipinski definition) is 3. The second kappa shape index (κ2) is 6.43. The third kappa shape index (κ3) is 3.33. The van der Waals surface area contributed by atoms with Gasteiger partial charge in [-0.25, -0.2) is 8.42 Å². The van der Waals surface area contributed by atoms with Crippen LogP contribution < -0.4 is 0 Å². The number of hydrogen-bond donors (Lipinski definition) is 0. The number of rotatable bonds is 3. The second-order valence-electron chi connectivity index (χ2n) is 4.37. The van der Waals surface area contributed by atoms with Crippen LogP contribution >= 0.6 is 27.5 Å². The van der Waals surface area contributed by atoms with E-state index in [2.05, 4.69) is 15.9 Å². The molecule has 0 aliphatic carbocycles. The molecule has 1 fully saturated rings. The summed E-state index contributed by atoms with van der Waals surface area (Å²) in [6.45, 7) is 1.34. The maximum Gasteiger partial charge on any atom is 0.243 e. The molecular formula is C12H14BrClN2O3S. The lowest BCUT2D eigenvalue weighted by molar-refractivity contribution is -0.129. The van der Waals surface area contributed by atoms with Crippen LogP contribution in [0, 0.1) is 0 Å². The highest BCUT2D eigenvalue weighted by atomic mass is 79.9. The number of benzene rings is 1. The Morgan fingerprint density at radius 3 is 2.20 bits per heavy atom. The summed E-state index contributed by atoms with van der Waals surface area (Å²) < 4.78 is 27.1. The molecule has 0 atom stereocenters. The second-order valence-corrected chi connectivity index (χ2v) is 7.49. The molecule has 1 aromatic carbocycles. The largest absolute Gasteiger partial charge is 0.339 e. The maximum atomic E-state index is 12.4. The zero-order valence-corrected chi connectivity index (χ0v) is 13.8. The van der Waals surface area contributed by atoms with Crippen molar-refractivity contribution < 1.29 is 13.2 Å². The fraction of sp³-hybridized carbons (Fsp3) is 0.417. The Labute approximate surface area is 131 Å². The molecule has 0 unspecified atom stereocenters. The van der Waals surface area contributed by atoms with E-state index in [-0.39, 0.29) is 16.7 Å². The van der Waals surface area contributed by atoms with Crippen molar-refractivity contribution in [3.05, 3.63) is 28.7 Å². The normalized spacial score (nSPS) is 17.2. The topological polar surface area (TPSA) is 57.7 Å². The third-order valence-corrected chi connectivity index (χ3v) is 5.83. The molecule has 0 saturated carbocycles. The highest BCUT2D eigenvalue weighted by Gasteiger charge is 2.29. The lowest BCUT2D eigenvalue weighted by atomic mass is 10.3. The highest BCUT2D eigenvalue weighted by Crippen LogP contribution is 2.20. The van der Waals surface area contributed by atoms with Crippen LogP contribution in [0.4, 0.5) is 0 Å². The summed E-state index contributed by atoms with van der Waals surface area (Å²) in [6.07, 6.45) is 0. The highest BCUT2D eigenvalue weighted by molar-refractivity contribution is 9.10. The Hall–Kier alpha value is -0.630. The summed E-state index contributed by atoms with van der Waals surface area (Å²) in [5.74, 6) is -0.230. The van der Waals surface area contributed by atoms with Gasteiger partial charge in [-0.1, -0.05) is 15.9 Å². The van der Waals surface area contributed by atoms with Gasteiger partial charge in [0.25, 0.3) is 0 Å². The van der Waals surface area contributed by atoms with E-state index in [1.165, 1.54) is 4.31 Å². The zero-order chi connectivity index (χ0) is 14.8. The molecule has 1 heterocycles. The molecule has 0 bridgehead atoms. The first-order valence-electron chi connectivity index (χ1n) is 6.04. The average Bonchev–Trinajstić information content (AvgIpc) is 2.47. The number of nitrogens with zero attached hydrogens (tertiary/aromatic N) is 2. The molecule has 0 aromatic heterocycles. The predicted molar refractivity (Wildman–Crippen MR) is 80.2 cm³/mol. The smallest absolute Gasteiger partial charge is 0.243 e. The van der Waals surface area contributed by atoms with Gasteiger partial charge in [0.05, 0.1) is 4.90 Å². The van der Waals surface area contributed by atoms with Gasteiger partial charge in [0, 0.05) is 30.7 Å². The quantitative estimate of drug-likeness (QED) is 0.746.